The maximum atomic E-state index is 4.72. The maximum absolute atomic E-state index is 4.72. The molecule has 11 heavy (non-hydrogen) atoms. The molecule has 0 saturated heterocycles. The molecule has 0 heterocycles. The highest BCUT2D eigenvalue weighted by Crippen LogP contribution is 1.97. The van der Waals surface area contributed by atoms with Crippen LogP contribution < -0.4 is 0 Å². The average molecular weight is 167 g/mol. The highest BCUT2D eigenvalue weighted by atomic mass is 32.2. The molecule has 2 nitrogen and oxygen atoms in total. The summed E-state index contributed by atoms with van der Waals surface area (Å²) in [5.74, 6) is 0. The van der Waals surface area contributed by atoms with E-state index < -0.39 is 0 Å². The van der Waals surface area contributed by atoms with Gasteiger partial charge < -0.3 is 4.28 Å². The Hall–Kier alpha value is -0.960. The van der Waals surface area contributed by atoms with E-state index in [0.717, 1.165) is 5.56 Å². The number of nitrogens with zero attached hydrogens (tertiary/aromatic N) is 1. The zero-order chi connectivity index (χ0) is 7.94. The molecule has 0 amide bonds. The third kappa shape index (κ3) is 3.09. The summed E-state index contributed by atoms with van der Waals surface area (Å²) in [4.78, 5) is 0. The molecule has 0 saturated carbocycles. The Morgan fingerprint density at radius 1 is 1.36 bits per heavy atom. The largest absolute Gasteiger partial charge is 0.323 e. The molecule has 1 rings (SSSR count). The fourth-order valence-corrected chi connectivity index (χ4v) is 0.794. The van der Waals surface area contributed by atoms with Gasteiger partial charge in [-0.1, -0.05) is 35.5 Å². The van der Waals surface area contributed by atoms with Crippen LogP contribution in [0.3, 0.4) is 0 Å². The van der Waals surface area contributed by atoms with Crippen molar-refractivity contribution in [3.63, 3.8) is 0 Å². The average Bonchev–Trinajstić information content (AvgIpc) is 2.07. The molecule has 0 aliphatic carbocycles. The van der Waals surface area contributed by atoms with Gasteiger partial charge in [-0.2, -0.15) is 0 Å². The zero-order valence-electron chi connectivity index (χ0n) is 6.23. The predicted octanol–water partition coefficient (Wildman–Crippen LogP) is 2.32. The van der Waals surface area contributed by atoms with Crippen LogP contribution in [-0.4, -0.2) is 12.5 Å². The Labute approximate surface area is 70.5 Å². The topological polar surface area (TPSA) is 21.6 Å². The summed E-state index contributed by atoms with van der Waals surface area (Å²) in [5.41, 5.74) is 1.04. The molecule has 0 unspecified atom stereocenters. The van der Waals surface area contributed by atoms with Crippen LogP contribution in [0.25, 0.3) is 0 Å². The van der Waals surface area contributed by atoms with Gasteiger partial charge in [0.2, 0.25) is 0 Å². The lowest BCUT2D eigenvalue weighted by Gasteiger charge is -1.89. The van der Waals surface area contributed by atoms with Crippen LogP contribution in [0.4, 0.5) is 0 Å². The van der Waals surface area contributed by atoms with E-state index in [1.807, 2.05) is 36.6 Å². The summed E-state index contributed by atoms with van der Waals surface area (Å²) in [5, 5.41) is 3.70. The van der Waals surface area contributed by atoms with Crippen molar-refractivity contribution in [3.8, 4) is 0 Å². The Balaban J connectivity index is 2.50. The fraction of sp³-hybridized carbons (Fsp3) is 0.125. The van der Waals surface area contributed by atoms with Crippen molar-refractivity contribution in [1.82, 2.24) is 0 Å². The monoisotopic (exact) mass is 167 g/mol. The number of oxime groups is 1. The van der Waals surface area contributed by atoms with Gasteiger partial charge in [-0.25, -0.2) is 0 Å². The summed E-state index contributed by atoms with van der Waals surface area (Å²) >= 11 is 1.22. The number of benzene rings is 1. The second-order valence-corrected chi connectivity index (χ2v) is 2.37. The van der Waals surface area contributed by atoms with Gasteiger partial charge in [-0.05, 0) is 5.56 Å². The van der Waals surface area contributed by atoms with E-state index in [1.165, 1.54) is 12.0 Å². The molecule has 3 heteroatoms. The van der Waals surface area contributed by atoms with E-state index in [2.05, 4.69) is 5.16 Å². The van der Waals surface area contributed by atoms with Gasteiger partial charge in [0, 0.05) is 6.26 Å². The SMILES string of the molecule is CSO/N=C\c1ccccc1. The smallest absolute Gasteiger partial charge is 0.0842 e. The molecule has 0 radical (unpaired) electrons. The van der Waals surface area contributed by atoms with Gasteiger partial charge in [-0.15, -0.1) is 0 Å². The molecular formula is C8H9NOS. The van der Waals surface area contributed by atoms with Gasteiger partial charge >= 0.3 is 0 Å². The lowest BCUT2D eigenvalue weighted by molar-refractivity contribution is 0.411. The Morgan fingerprint density at radius 3 is 2.73 bits per heavy atom. The highest BCUT2D eigenvalue weighted by Gasteiger charge is 1.82. The van der Waals surface area contributed by atoms with Gasteiger partial charge in [0.15, 0.2) is 0 Å². The Bertz CT molecular complexity index is 223. The minimum atomic E-state index is 1.04. The van der Waals surface area contributed by atoms with E-state index in [0.29, 0.717) is 0 Å². The molecule has 1 aromatic rings. The van der Waals surface area contributed by atoms with E-state index >= 15 is 0 Å². The van der Waals surface area contributed by atoms with Gasteiger partial charge in [0.1, 0.15) is 0 Å². The minimum absolute atomic E-state index is 1.04. The first-order chi connectivity index (χ1) is 5.43. The van der Waals surface area contributed by atoms with E-state index in [-0.39, 0.29) is 0 Å². The molecule has 0 aliphatic heterocycles. The normalized spacial score (nSPS) is 10.3. The molecular weight excluding hydrogens is 158 g/mol. The second-order valence-electron chi connectivity index (χ2n) is 1.89. The van der Waals surface area contributed by atoms with E-state index in [1.54, 1.807) is 6.21 Å². The van der Waals surface area contributed by atoms with Crippen LogP contribution in [-0.2, 0) is 4.28 Å². The van der Waals surface area contributed by atoms with Gasteiger partial charge in [0.25, 0.3) is 0 Å². The number of hydrogen-bond acceptors (Lipinski definition) is 3. The summed E-state index contributed by atoms with van der Waals surface area (Å²) in [6.45, 7) is 0. The summed E-state index contributed by atoms with van der Waals surface area (Å²) in [6.07, 6.45) is 3.50. The van der Waals surface area contributed by atoms with Crippen LogP contribution in [0.5, 0.6) is 0 Å². The van der Waals surface area contributed by atoms with Crippen molar-refractivity contribution in [2.45, 2.75) is 0 Å². The van der Waals surface area contributed by atoms with E-state index in [4.69, 9.17) is 4.28 Å². The zero-order valence-corrected chi connectivity index (χ0v) is 7.04. The summed E-state index contributed by atoms with van der Waals surface area (Å²) in [6, 6.07) is 9.81. The quantitative estimate of drug-likeness (QED) is 0.391. The van der Waals surface area contributed by atoms with Crippen LogP contribution in [0.1, 0.15) is 5.56 Å². The maximum Gasteiger partial charge on any atom is 0.0842 e. The first kappa shape index (κ1) is 8.14. The second kappa shape index (κ2) is 4.79. The molecule has 0 aliphatic rings. The van der Waals surface area contributed by atoms with Crippen LogP contribution >= 0.6 is 12.0 Å². The first-order valence-electron chi connectivity index (χ1n) is 3.22. The highest BCUT2D eigenvalue weighted by molar-refractivity contribution is 7.93. The third-order valence-electron chi connectivity index (χ3n) is 1.12. The molecule has 58 valence electrons. The summed E-state index contributed by atoms with van der Waals surface area (Å²) in [7, 11) is 0. The standard InChI is InChI=1S/C8H9NOS/c1-11-10-9-7-8-5-3-2-4-6-8/h2-7H,1H3/b9-7-. The lowest BCUT2D eigenvalue weighted by atomic mass is 10.2. The number of hydrogen-bond donors (Lipinski definition) is 0. The molecule has 0 fully saturated rings. The molecule has 0 aromatic heterocycles. The van der Waals surface area contributed by atoms with E-state index in [9.17, 15) is 0 Å². The van der Waals surface area contributed by atoms with Crippen molar-refractivity contribution in [2.24, 2.45) is 5.16 Å². The van der Waals surface area contributed by atoms with Crippen molar-refractivity contribution in [3.05, 3.63) is 35.9 Å². The van der Waals surface area contributed by atoms with Gasteiger partial charge in [-0.3, -0.25) is 0 Å². The molecule has 0 atom stereocenters. The molecule has 0 N–H and O–H groups in total. The summed E-state index contributed by atoms with van der Waals surface area (Å²) < 4.78 is 4.72. The van der Waals surface area contributed by atoms with Gasteiger partial charge in [0.05, 0.1) is 18.3 Å². The molecule has 0 bridgehead atoms. The predicted molar refractivity (Wildman–Crippen MR) is 48.6 cm³/mol. The van der Waals surface area contributed by atoms with Crippen molar-refractivity contribution in [1.29, 1.82) is 0 Å². The number of rotatable bonds is 3. The third-order valence-corrected chi connectivity index (χ3v) is 1.35. The molecule has 1 aromatic carbocycles. The van der Waals surface area contributed by atoms with Crippen molar-refractivity contribution in [2.75, 3.05) is 6.26 Å². The minimum Gasteiger partial charge on any atom is -0.323 e. The first-order valence-corrected chi connectivity index (χ1v) is 4.36. The van der Waals surface area contributed by atoms with Crippen LogP contribution in [0.2, 0.25) is 0 Å². The molecule has 0 spiro atoms. The van der Waals surface area contributed by atoms with Crippen LogP contribution in [0.15, 0.2) is 35.5 Å². The van der Waals surface area contributed by atoms with Crippen LogP contribution in [0, 0.1) is 0 Å². The fourth-order valence-electron chi connectivity index (χ4n) is 0.665. The lowest BCUT2D eigenvalue weighted by Crippen LogP contribution is -1.78. The Kier molecular flexibility index (Phi) is 3.55. The van der Waals surface area contributed by atoms with Crippen molar-refractivity contribution < 1.29 is 4.28 Å². The van der Waals surface area contributed by atoms with Crippen molar-refractivity contribution >= 4 is 18.3 Å². The Morgan fingerprint density at radius 2 is 2.09 bits per heavy atom.